The van der Waals surface area contributed by atoms with Gasteiger partial charge in [-0.3, -0.25) is 0 Å². The molecule has 1 aromatic heterocycles. The van der Waals surface area contributed by atoms with Crippen LogP contribution in [0.3, 0.4) is 0 Å². The van der Waals surface area contributed by atoms with E-state index in [2.05, 4.69) is 31.3 Å². The topological polar surface area (TPSA) is 12.0 Å². The largest absolute Gasteiger partial charge is 0.313 e. The summed E-state index contributed by atoms with van der Waals surface area (Å²) in [6.07, 6.45) is 13.8. The highest BCUT2D eigenvalue weighted by Crippen LogP contribution is 2.28. The second-order valence-electron chi connectivity index (χ2n) is 6.59. The van der Waals surface area contributed by atoms with Gasteiger partial charge < -0.3 is 5.32 Å². The number of hydrogen-bond acceptors (Lipinski definition) is 2. The van der Waals surface area contributed by atoms with Crippen LogP contribution in [0.2, 0.25) is 0 Å². The van der Waals surface area contributed by atoms with Crippen LogP contribution in [-0.2, 0) is 12.8 Å². The lowest BCUT2D eigenvalue weighted by Gasteiger charge is -2.29. The summed E-state index contributed by atoms with van der Waals surface area (Å²) < 4.78 is 0. The minimum atomic E-state index is 0.700. The molecule has 1 saturated carbocycles. The average Bonchev–Trinajstić information content (AvgIpc) is 2.91. The number of rotatable bonds is 7. The molecule has 120 valence electrons. The fourth-order valence-corrected chi connectivity index (χ4v) is 4.58. The van der Waals surface area contributed by atoms with E-state index in [1.54, 1.807) is 4.88 Å². The first-order valence-corrected chi connectivity index (χ1v) is 9.96. The van der Waals surface area contributed by atoms with Gasteiger partial charge in [-0.1, -0.05) is 46.0 Å². The highest BCUT2D eigenvalue weighted by molar-refractivity contribution is 7.11. The van der Waals surface area contributed by atoms with E-state index in [1.807, 2.05) is 11.3 Å². The van der Waals surface area contributed by atoms with Gasteiger partial charge in [-0.05, 0) is 56.7 Å². The Kier molecular flexibility index (Phi) is 7.81. The minimum Gasteiger partial charge on any atom is -0.313 e. The van der Waals surface area contributed by atoms with Crippen molar-refractivity contribution in [1.82, 2.24) is 5.32 Å². The highest BCUT2D eigenvalue weighted by atomic mass is 32.1. The molecule has 1 N–H and O–H groups in total. The molecule has 0 radical (unpaired) electrons. The molecule has 1 aliphatic carbocycles. The summed E-state index contributed by atoms with van der Waals surface area (Å²) in [7, 11) is 0. The summed E-state index contributed by atoms with van der Waals surface area (Å²) in [5.41, 5.74) is 0. The number of thiophene rings is 1. The second kappa shape index (κ2) is 9.63. The molecular formula is C19H33NS. The van der Waals surface area contributed by atoms with Crippen molar-refractivity contribution >= 4 is 11.3 Å². The molecule has 1 aliphatic rings. The zero-order valence-corrected chi connectivity index (χ0v) is 14.8. The molecule has 0 aliphatic heterocycles. The third-order valence-electron chi connectivity index (χ3n) is 4.86. The summed E-state index contributed by atoms with van der Waals surface area (Å²) in [6, 6.07) is 5.40. The molecule has 2 rings (SSSR count). The summed E-state index contributed by atoms with van der Waals surface area (Å²) >= 11 is 2.03. The van der Waals surface area contributed by atoms with Gasteiger partial charge in [0.1, 0.15) is 0 Å². The lowest BCUT2D eigenvalue weighted by atomic mass is 9.84. The van der Waals surface area contributed by atoms with Crippen LogP contribution in [0.15, 0.2) is 12.1 Å². The molecule has 0 amide bonds. The number of aryl methyl sites for hydroxylation is 1. The van der Waals surface area contributed by atoms with Gasteiger partial charge >= 0.3 is 0 Å². The molecule has 0 spiro atoms. The van der Waals surface area contributed by atoms with Gasteiger partial charge in [0.15, 0.2) is 0 Å². The third kappa shape index (κ3) is 5.75. The van der Waals surface area contributed by atoms with Crippen LogP contribution in [0, 0.1) is 5.92 Å². The molecule has 1 atom stereocenters. The van der Waals surface area contributed by atoms with E-state index < -0.39 is 0 Å². The third-order valence-corrected chi connectivity index (χ3v) is 6.11. The zero-order valence-electron chi connectivity index (χ0n) is 14.0. The predicted molar refractivity (Wildman–Crippen MR) is 95.3 cm³/mol. The fraction of sp³-hybridized carbons (Fsp3) is 0.789. The smallest absolute Gasteiger partial charge is 0.0144 e. The van der Waals surface area contributed by atoms with E-state index in [-0.39, 0.29) is 0 Å². The second-order valence-corrected chi connectivity index (χ2v) is 7.84. The molecule has 21 heavy (non-hydrogen) atoms. The van der Waals surface area contributed by atoms with Crippen molar-refractivity contribution in [3.63, 3.8) is 0 Å². The Bertz CT molecular complexity index is 377. The quantitative estimate of drug-likeness (QED) is 0.693. The van der Waals surface area contributed by atoms with Crippen molar-refractivity contribution in [3.05, 3.63) is 21.9 Å². The number of hydrogen-bond donors (Lipinski definition) is 1. The van der Waals surface area contributed by atoms with Gasteiger partial charge in [-0.15, -0.1) is 11.3 Å². The van der Waals surface area contributed by atoms with Gasteiger partial charge in [0, 0.05) is 15.8 Å². The molecule has 0 bridgehead atoms. The minimum absolute atomic E-state index is 0.700. The van der Waals surface area contributed by atoms with E-state index in [0.717, 1.165) is 5.92 Å². The SMILES string of the molecule is CCCNC(Cc1ccc(CC)s1)C1CCCCCCC1. The zero-order chi connectivity index (χ0) is 14.9. The van der Waals surface area contributed by atoms with Crippen molar-refractivity contribution in [2.45, 2.75) is 84.1 Å². The molecule has 0 saturated heterocycles. The van der Waals surface area contributed by atoms with Crippen LogP contribution in [0.1, 0.15) is 75.0 Å². The standard InChI is InChI=1S/C19H33NS/c1-3-14-20-19(15-18-13-12-17(4-2)21-18)16-10-8-6-5-7-9-11-16/h12-13,16,19-20H,3-11,14-15H2,1-2H3. The van der Waals surface area contributed by atoms with Crippen LogP contribution in [-0.4, -0.2) is 12.6 Å². The summed E-state index contributed by atoms with van der Waals surface area (Å²) in [4.78, 5) is 3.12. The normalized spacial score (nSPS) is 19.1. The van der Waals surface area contributed by atoms with Gasteiger partial charge in [0.05, 0.1) is 0 Å². The van der Waals surface area contributed by atoms with Crippen molar-refractivity contribution in [3.8, 4) is 0 Å². The maximum absolute atomic E-state index is 3.87. The summed E-state index contributed by atoms with van der Waals surface area (Å²) in [5.74, 6) is 0.893. The Balaban J connectivity index is 1.97. The first kappa shape index (κ1) is 17.0. The van der Waals surface area contributed by atoms with Crippen molar-refractivity contribution < 1.29 is 0 Å². The van der Waals surface area contributed by atoms with Crippen LogP contribution >= 0.6 is 11.3 Å². The predicted octanol–water partition coefficient (Wildman–Crippen LogP) is 5.58. The highest BCUT2D eigenvalue weighted by Gasteiger charge is 2.22. The van der Waals surface area contributed by atoms with Crippen molar-refractivity contribution in [2.75, 3.05) is 6.54 Å². The molecule has 1 heterocycles. The first-order chi connectivity index (χ1) is 10.3. The Morgan fingerprint density at radius 1 is 1.05 bits per heavy atom. The monoisotopic (exact) mass is 307 g/mol. The van der Waals surface area contributed by atoms with Gasteiger partial charge in [-0.2, -0.15) is 0 Å². The summed E-state index contributed by atoms with van der Waals surface area (Å²) in [5, 5.41) is 3.87. The van der Waals surface area contributed by atoms with Crippen LogP contribution in [0.5, 0.6) is 0 Å². The first-order valence-electron chi connectivity index (χ1n) is 9.14. The maximum atomic E-state index is 3.87. The van der Waals surface area contributed by atoms with E-state index >= 15 is 0 Å². The Morgan fingerprint density at radius 3 is 2.33 bits per heavy atom. The van der Waals surface area contributed by atoms with E-state index in [0.29, 0.717) is 6.04 Å². The van der Waals surface area contributed by atoms with Gasteiger partial charge in [0.2, 0.25) is 0 Å². The van der Waals surface area contributed by atoms with E-state index in [9.17, 15) is 0 Å². The van der Waals surface area contributed by atoms with Crippen molar-refractivity contribution in [1.29, 1.82) is 0 Å². The van der Waals surface area contributed by atoms with E-state index in [1.165, 1.54) is 75.6 Å². The van der Waals surface area contributed by atoms with Gasteiger partial charge in [-0.25, -0.2) is 0 Å². The molecule has 0 aromatic carbocycles. The summed E-state index contributed by atoms with van der Waals surface area (Å²) in [6.45, 7) is 5.72. The Hall–Kier alpha value is -0.340. The lowest BCUT2D eigenvalue weighted by Crippen LogP contribution is -2.38. The molecule has 2 heteroatoms. The van der Waals surface area contributed by atoms with Crippen molar-refractivity contribution in [2.24, 2.45) is 5.92 Å². The van der Waals surface area contributed by atoms with Crippen LogP contribution < -0.4 is 5.32 Å². The van der Waals surface area contributed by atoms with Crippen LogP contribution in [0.25, 0.3) is 0 Å². The van der Waals surface area contributed by atoms with E-state index in [4.69, 9.17) is 0 Å². The lowest BCUT2D eigenvalue weighted by molar-refractivity contribution is 0.284. The molecule has 1 fully saturated rings. The molecule has 1 nitrogen and oxygen atoms in total. The maximum Gasteiger partial charge on any atom is 0.0144 e. The Labute approximate surface area is 135 Å². The number of nitrogens with one attached hydrogen (secondary N) is 1. The average molecular weight is 308 g/mol. The molecule has 1 aromatic rings. The molecular weight excluding hydrogens is 274 g/mol. The van der Waals surface area contributed by atoms with Crippen LogP contribution in [0.4, 0.5) is 0 Å². The van der Waals surface area contributed by atoms with Gasteiger partial charge in [0.25, 0.3) is 0 Å². The fourth-order valence-electron chi connectivity index (χ4n) is 3.56. The molecule has 1 unspecified atom stereocenters. The Morgan fingerprint density at radius 2 is 1.71 bits per heavy atom.